The standard InChI is InChI=1S/C17H25NO/c1-14(12-13-15-8-4-2-5-9-15)18-17(19)16-10-6-3-7-11-16/h2,4-5,8-9,14,16H,3,6-7,10-13H2,1H3,(H,18,19)/t14-/m0/s1. The molecule has 0 aromatic heterocycles. The third-order valence-electron chi connectivity index (χ3n) is 4.07. The SMILES string of the molecule is C[C@@H](CCc1ccccc1)NC(=O)C1CCCCC1. The fourth-order valence-electron chi connectivity index (χ4n) is 2.83. The van der Waals surface area contributed by atoms with Gasteiger partial charge >= 0.3 is 0 Å². The van der Waals surface area contributed by atoms with Crippen molar-refractivity contribution in [3.8, 4) is 0 Å². The molecule has 1 aromatic rings. The van der Waals surface area contributed by atoms with Gasteiger partial charge in [-0.1, -0.05) is 49.6 Å². The third-order valence-corrected chi connectivity index (χ3v) is 4.07. The van der Waals surface area contributed by atoms with Gasteiger partial charge in [0.1, 0.15) is 0 Å². The molecule has 2 nitrogen and oxygen atoms in total. The van der Waals surface area contributed by atoms with Crippen LogP contribution in [0.3, 0.4) is 0 Å². The van der Waals surface area contributed by atoms with Crippen LogP contribution in [0.1, 0.15) is 51.0 Å². The average molecular weight is 259 g/mol. The molecule has 0 unspecified atom stereocenters. The minimum atomic E-state index is 0.271. The summed E-state index contributed by atoms with van der Waals surface area (Å²) >= 11 is 0. The molecule has 1 aliphatic rings. The molecule has 0 heterocycles. The van der Waals surface area contributed by atoms with E-state index >= 15 is 0 Å². The Bertz CT molecular complexity index is 382. The monoisotopic (exact) mass is 259 g/mol. The third kappa shape index (κ3) is 4.70. The fourth-order valence-corrected chi connectivity index (χ4v) is 2.83. The van der Waals surface area contributed by atoms with Crippen LogP contribution in [0.25, 0.3) is 0 Å². The second-order valence-corrected chi connectivity index (χ2v) is 5.77. The van der Waals surface area contributed by atoms with Gasteiger partial charge in [-0.25, -0.2) is 0 Å². The Morgan fingerprint density at radius 3 is 2.58 bits per heavy atom. The molecule has 1 N–H and O–H groups in total. The highest BCUT2D eigenvalue weighted by Gasteiger charge is 2.21. The van der Waals surface area contributed by atoms with E-state index < -0.39 is 0 Å². The Hall–Kier alpha value is -1.31. The lowest BCUT2D eigenvalue weighted by Gasteiger charge is -2.23. The maximum Gasteiger partial charge on any atom is 0.223 e. The maximum atomic E-state index is 12.1. The van der Waals surface area contributed by atoms with Crippen LogP contribution in [0, 0.1) is 5.92 Å². The predicted molar refractivity (Wildman–Crippen MR) is 78.9 cm³/mol. The molecule has 0 saturated heterocycles. The molecular weight excluding hydrogens is 234 g/mol. The van der Waals surface area contributed by atoms with Crippen LogP contribution >= 0.6 is 0 Å². The molecule has 0 aliphatic heterocycles. The van der Waals surface area contributed by atoms with Gasteiger partial charge < -0.3 is 5.32 Å². The Labute approximate surface area is 116 Å². The summed E-state index contributed by atoms with van der Waals surface area (Å²) < 4.78 is 0. The van der Waals surface area contributed by atoms with E-state index in [1.165, 1.54) is 24.8 Å². The second kappa shape index (κ2) is 7.32. The molecular formula is C17H25NO. The second-order valence-electron chi connectivity index (χ2n) is 5.77. The molecule has 1 aliphatic carbocycles. The zero-order valence-electron chi connectivity index (χ0n) is 11.9. The van der Waals surface area contributed by atoms with Crippen LogP contribution in [-0.2, 0) is 11.2 Å². The smallest absolute Gasteiger partial charge is 0.223 e. The summed E-state index contributed by atoms with van der Waals surface area (Å²) in [5, 5.41) is 3.18. The average Bonchev–Trinajstić information content (AvgIpc) is 2.47. The molecule has 1 fully saturated rings. The number of hydrogen-bond acceptors (Lipinski definition) is 1. The van der Waals surface area contributed by atoms with E-state index in [0.717, 1.165) is 25.7 Å². The van der Waals surface area contributed by atoms with Crippen LogP contribution in [0.15, 0.2) is 30.3 Å². The lowest BCUT2D eigenvalue weighted by atomic mass is 9.88. The van der Waals surface area contributed by atoms with Crippen LogP contribution < -0.4 is 5.32 Å². The van der Waals surface area contributed by atoms with E-state index in [9.17, 15) is 4.79 Å². The van der Waals surface area contributed by atoms with Crippen molar-refractivity contribution in [1.29, 1.82) is 0 Å². The molecule has 2 rings (SSSR count). The normalized spacial score (nSPS) is 17.9. The summed E-state index contributed by atoms with van der Waals surface area (Å²) in [6.45, 7) is 2.11. The molecule has 104 valence electrons. The predicted octanol–water partition coefficient (Wildman–Crippen LogP) is 3.70. The van der Waals surface area contributed by atoms with E-state index in [1.54, 1.807) is 0 Å². The van der Waals surface area contributed by atoms with Gasteiger partial charge in [-0.05, 0) is 38.2 Å². The van der Waals surface area contributed by atoms with Gasteiger partial charge in [-0.3, -0.25) is 4.79 Å². The van der Waals surface area contributed by atoms with Gasteiger partial charge in [-0.15, -0.1) is 0 Å². The van der Waals surface area contributed by atoms with Crippen LogP contribution in [0.2, 0.25) is 0 Å². The summed E-state index contributed by atoms with van der Waals surface area (Å²) in [5.74, 6) is 0.549. The number of nitrogens with one attached hydrogen (secondary N) is 1. The van der Waals surface area contributed by atoms with Crippen molar-refractivity contribution in [2.75, 3.05) is 0 Å². The summed E-state index contributed by atoms with van der Waals surface area (Å²) in [6, 6.07) is 10.7. The van der Waals surface area contributed by atoms with Gasteiger partial charge in [0.2, 0.25) is 5.91 Å². The Morgan fingerprint density at radius 1 is 1.21 bits per heavy atom. The summed E-state index contributed by atoms with van der Waals surface area (Å²) in [4.78, 5) is 12.1. The zero-order valence-corrected chi connectivity index (χ0v) is 11.9. The Morgan fingerprint density at radius 2 is 1.89 bits per heavy atom. The highest BCUT2D eigenvalue weighted by molar-refractivity contribution is 5.78. The quantitative estimate of drug-likeness (QED) is 0.858. The van der Waals surface area contributed by atoms with Crippen molar-refractivity contribution >= 4 is 5.91 Å². The molecule has 1 atom stereocenters. The van der Waals surface area contributed by atoms with Gasteiger partial charge in [-0.2, -0.15) is 0 Å². The van der Waals surface area contributed by atoms with Crippen molar-refractivity contribution < 1.29 is 4.79 Å². The fraction of sp³-hybridized carbons (Fsp3) is 0.588. The summed E-state index contributed by atoms with van der Waals surface area (Å²) in [6.07, 6.45) is 7.95. The van der Waals surface area contributed by atoms with E-state index in [2.05, 4.69) is 36.5 Å². The first-order valence-corrected chi connectivity index (χ1v) is 7.60. The lowest BCUT2D eigenvalue weighted by Crippen LogP contribution is -2.38. The van der Waals surface area contributed by atoms with Crippen molar-refractivity contribution in [3.05, 3.63) is 35.9 Å². The molecule has 1 saturated carbocycles. The van der Waals surface area contributed by atoms with Gasteiger partial charge in [0.15, 0.2) is 0 Å². The number of hydrogen-bond donors (Lipinski definition) is 1. The number of benzene rings is 1. The molecule has 19 heavy (non-hydrogen) atoms. The maximum absolute atomic E-state index is 12.1. The van der Waals surface area contributed by atoms with Crippen LogP contribution in [-0.4, -0.2) is 11.9 Å². The molecule has 1 aromatic carbocycles. The van der Waals surface area contributed by atoms with Crippen molar-refractivity contribution in [2.45, 2.75) is 57.9 Å². The van der Waals surface area contributed by atoms with Crippen molar-refractivity contribution in [1.82, 2.24) is 5.32 Å². The minimum absolute atomic E-state index is 0.271. The summed E-state index contributed by atoms with van der Waals surface area (Å²) in [7, 11) is 0. The minimum Gasteiger partial charge on any atom is -0.353 e. The molecule has 1 amide bonds. The van der Waals surface area contributed by atoms with Crippen molar-refractivity contribution in [2.24, 2.45) is 5.92 Å². The number of carbonyl (C=O) groups excluding carboxylic acids is 1. The first-order valence-electron chi connectivity index (χ1n) is 7.60. The Balaban J connectivity index is 1.71. The molecule has 0 spiro atoms. The van der Waals surface area contributed by atoms with E-state index in [4.69, 9.17) is 0 Å². The molecule has 0 bridgehead atoms. The number of aryl methyl sites for hydroxylation is 1. The van der Waals surface area contributed by atoms with Gasteiger partial charge in [0.05, 0.1) is 0 Å². The summed E-state index contributed by atoms with van der Waals surface area (Å²) in [5.41, 5.74) is 1.35. The van der Waals surface area contributed by atoms with E-state index in [0.29, 0.717) is 0 Å². The van der Waals surface area contributed by atoms with E-state index in [-0.39, 0.29) is 17.9 Å². The molecule has 0 radical (unpaired) electrons. The Kier molecular flexibility index (Phi) is 5.44. The highest BCUT2D eigenvalue weighted by Crippen LogP contribution is 2.23. The topological polar surface area (TPSA) is 29.1 Å². The number of rotatable bonds is 5. The molecule has 2 heteroatoms. The zero-order chi connectivity index (χ0) is 13.5. The van der Waals surface area contributed by atoms with E-state index in [1.807, 2.05) is 6.07 Å². The van der Waals surface area contributed by atoms with Crippen LogP contribution in [0.4, 0.5) is 0 Å². The lowest BCUT2D eigenvalue weighted by molar-refractivity contribution is -0.126. The first kappa shape index (κ1) is 14.1. The van der Waals surface area contributed by atoms with Gasteiger partial charge in [0, 0.05) is 12.0 Å². The largest absolute Gasteiger partial charge is 0.353 e. The van der Waals surface area contributed by atoms with Crippen LogP contribution in [0.5, 0.6) is 0 Å². The van der Waals surface area contributed by atoms with Crippen molar-refractivity contribution in [3.63, 3.8) is 0 Å². The van der Waals surface area contributed by atoms with Gasteiger partial charge in [0.25, 0.3) is 0 Å². The number of amides is 1. The highest BCUT2D eigenvalue weighted by atomic mass is 16.1. The number of carbonyl (C=O) groups is 1. The first-order chi connectivity index (χ1) is 9.25.